The Bertz CT molecular complexity index is 1360. The number of halogens is 6. The fourth-order valence-electron chi connectivity index (χ4n) is 4.78. The molecule has 12 heteroatoms. The van der Waals surface area contributed by atoms with Crippen LogP contribution in [-0.2, 0) is 23.7 Å². The number of hydrogen-bond donors (Lipinski definition) is 0. The Morgan fingerprint density at radius 2 is 1.60 bits per heavy atom. The summed E-state index contributed by atoms with van der Waals surface area (Å²) in [6, 6.07) is 10.3. The van der Waals surface area contributed by atoms with Gasteiger partial charge in [0.05, 0.1) is 24.3 Å². The van der Waals surface area contributed by atoms with Gasteiger partial charge < -0.3 is 19.1 Å². The van der Waals surface area contributed by atoms with Crippen LogP contribution in [0.25, 0.3) is 0 Å². The smallest absolute Gasteiger partial charge is 0.416 e. The zero-order valence-electron chi connectivity index (χ0n) is 21.9. The number of amides is 2. The van der Waals surface area contributed by atoms with E-state index in [0.29, 0.717) is 24.4 Å². The molecule has 214 valence electrons. The van der Waals surface area contributed by atoms with Gasteiger partial charge in [-0.1, -0.05) is 12.1 Å². The first kappa shape index (κ1) is 29.0. The molecule has 1 aromatic heterocycles. The van der Waals surface area contributed by atoms with Crippen LogP contribution < -0.4 is 4.74 Å². The van der Waals surface area contributed by atoms with Gasteiger partial charge in [-0.05, 0) is 61.9 Å². The Balaban J connectivity index is 1.68. The van der Waals surface area contributed by atoms with Crippen molar-refractivity contribution in [3.8, 4) is 5.75 Å². The molecule has 0 saturated carbocycles. The first-order chi connectivity index (χ1) is 18.7. The zero-order valence-corrected chi connectivity index (χ0v) is 21.9. The maximum Gasteiger partial charge on any atom is 0.416 e. The largest absolute Gasteiger partial charge is 0.497 e. The molecule has 1 atom stereocenters. The maximum atomic E-state index is 13.7. The lowest BCUT2D eigenvalue weighted by atomic mass is 9.99. The van der Waals surface area contributed by atoms with Gasteiger partial charge in [0, 0.05) is 36.6 Å². The summed E-state index contributed by atoms with van der Waals surface area (Å²) in [7, 11) is 1.51. The number of benzene rings is 2. The Hall–Kier alpha value is -3.96. The summed E-state index contributed by atoms with van der Waals surface area (Å²) in [5.74, 6) is -1.05. The fraction of sp³-hybridized carbons (Fsp3) is 0.357. The highest BCUT2D eigenvalue weighted by Gasteiger charge is 2.39. The number of ether oxygens (including phenoxy) is 1. The van der Waals surface area contributed by atoms with E-state index in [0.717, 1.165) is 16.2 Å². The van der Waals surface area contributed by atoms with Crippen molar-refractivity contribution in [3.05, 3.63) is 88.7 Å². The molecule has 1 aliphatic rings. The molecule has 4 rings (SSSR count). The summed E-state index contributed by atoms with van der Waals surface area (Å²) in [5.41, 5.74) is -2.46. The van der Waals surface area contributed by atoms with Gasteiger partial charge in [-0.3, -0.25) is 9.59 Å². The number of carbonyl (C=O) groups excluding carboxylic acids is 2. The van der Waals surface area contributed by atoms with Crippen LogP contribution >= 0.6 is 0 Å². The second-order valence-electron chi connectivity index (χ2n) is 9.71. The van der Waals surface area contributed by atoms with Crippen LogP contribution in [0.2, 0.25) is 0 Å². The summed E-state index contributed by atoms with van der Waals surface area (Å²) in [6.45, 7) is 3.25. The molecule has 2 amide bonds. The molecule has 1 unspecified atom stereocenters. The minimum atomic E-state index is -5.11. The first-order valence-corrected chi connectivity index (χ1v) is 12.4. The Morgan fingerprint density at radius 1 is 0.950 bits per heavy atom. The summed E-state index contributed by atoms with van der Waals surface area (Å²) in [5, 5.41) is 0. The number of rotatable bonds is 6. The average molecular weight is 568 g/mol. The third-order valence-electron chi connectivity index (χ3n) is 6.79. The first-order valence-electron chi connectivity index (χ1n) is 12.4. The van der Waals surface area contributed by atoms with Gasteiger partial charge in [0.25, 0.3) is 5.91 Å². The summed E-state index contributed by atoms with van der Waals surface area (Å²) >= 11 is 0. The van der Waals surface area contributed by atoms with Crippen LogP contribution in [0.4, 0.5) is 26.3 Å². The minimum Gasteiger partial charge on any atom is -0.497 e. The van der Waals surface area contributed by atoms with Crippen molar-refractivity contribution in [2.45, 2.75) is 44.8 Å². The molecule has 0 N–H and O–H groups in total. The molecule has 40 heavy (non-hydrogen) atoms. The van der Waals surface area contributed by atoms with Gasteiger partial charge in [0.1, 0.15) is 12.3 Å². The molecular weight excluding hydrogens is 540 g/mol. The van der Waals surface area contributed by atoms with E-state index in [1.807, 2.05) is 29.0 Å². The van der Waals surface area contributed by atoms with E-state index in [2.05, 4.69) is 0 Å². The Labute approximate surface area is 226 Å². The van der Waals surface area contributed by atoms with Crippen LogP contribution in [0.5, 0.6) is 5.75 Å². The highest BCUT2D eigenvalue weighted by atomic mass is 19.4. The van der Waals surface area contributed by atoms with Crippen molar-refractivity contribution < 1.29 is 40.7 Å². The van der Waals surface area contributed by atoms with E-state index in [1.54, 1.807) is 23.1 Å². The lowest BCUT2D eigenvalue weighted by Gasteiger charge is -2.39. The molecule has 0 radical (unpaired) electrons. The predicted octanol–water partition coefficient (Wildman–Crippen LogP) is 6.02. The quantitative estimate of drug-likeness (QED) is 0.343. The topological polar surface area (TPSA) is 54.8 Å². The molecule has 2 aromatic carbocycles. The van der Waals surface area contributed by atoms with E-state index in [-0.39, 0.29) is 12.6 Å². The second kappa shape index (κ2) is 10.9. The van der Waals surface area contributed by atoms with E-state index in [9.17, 15) is 35.9 Å². The van der Waals surface area contributed by atoms with Gasteiger partial charge in [-0.25, -0.2) is 0 Å². The molecule has 0 spiro atoms. The molecule has 1 aliphatic heterocycles. The van der Waals surface area contributed by atoms with Crippen LogP contribution in [0.3, 0.4) is 0 Å². The van der Waals surface area contributed by atoms with Crippen molar-refractivity contribution >= 4 is 11.8 Å². The number of hydrogen-bond acceptors (Lipinski definition) is 3. The summed E-state index contributed by atoms with van der Waals surface area (Å²) < 4.78 is 87.7. The number of alkyl halides is 6. The lowest BCUT2D eigenvalue weighted by Crippen LogP contribution is -2.49. The van der Waals surface area contributed by atoms with Crippen molar-refractivity contribution in [1.29, 1.82) is 0 Å². The molecule has 0 fully saturated rings. The monoisotopic (exact) mass is 567 g/mol. The van der Waals surface area contributed by atoms with E-state index in [1.165, 1.54) is 21.0 Å². The van der Waals surface area contributed by atoms with Crippen molar-refractivity contribution in [1.82, 2.24) is 14.4 Å². The Kier molecular flexibility index (Phi) is 7.91. The van der Waals surface area contributed by atoms with Crippen LogP contribution in [0.15, 0.2) is 60.8 Å². The lowest BCUT2D eigenvalue weighted by molar-refractivity contribution is -0.143. The predicted molar refractivity (Wildman–Crippen MR) is 134 cm³/mol. The van der Waals surface area contributed by atoms with Gasteiger partial charge >= 0.3 is 12.4 Å². The highest BCUT2D eigenvalue weighted by Crippen LogP contribution is 2.37. The van der Waals surface area contributed by atoms with Crippen molar-refractivity contribution in [2.24, 2.45) is 0 Å². The average Bonchev–Trinajstić information content (AvgIpc) is 3.38. The number of nitrogens with zero attached hydrogens (tertiary/aromatic N) is 3. The standard InChI is InChI=1S/C28H27F6N3O3/c1-17(2)37(26(39)19-12-20(27(29,30)31)15-21(13-19)28(32,33)34)16-24(38)36-11-10-35-9-5-8-23(35)25(36)18-6-4-7-22(14-18)40-3/h4-9,12-15,17,25H,10-11,16H2,1-3H3. The molecule has 0 bridgehead atoms. The Morgan fingerprint density at radius 3 is 2.17 bits per heavy atom. The van der Waals surface area contributed by atoms with E-state index in [4.69, 9.17) is 4.74 Å². The molecule has 2 heterocycles. The molecule has 3 aromatic rings. The van der Waals surface area contributed by atoms with Gasteiger partial charge in [0.15, 0.2) is 0 Å². The minimum absolute atomic E-state index is 0.0385. The van der Waals surface area contributed by atoms with Gasteiger partial charge in [0.2, 0.25) is 5.91 Å². The molecule has 0 saturated heterocycles. The number of carbonyl (C=O) groups is 2. The molecular formula is C28H27F6N3O3. The van der Waals surface area contributed by atoms with Crippen molar-refractivity contribution in [3.63, 3.8) is 0 Å². The maximum absolute atomic E-state index is 13.7. The summed E-state index contributed by atoms with van der Waals surface area (Å²) in [6.07, 6.45) is -8.34. The third-order valence-corrected chi connectivity index (χ3v) is 6.79. The van der Waals surface area contributed by atoms with Crippen LogP contribution in [0.1, 0.15) is 52.6 Å². The van der Waals surface area contributed by atoms with E-state index >= 15 is 0 Å². The third kappa shape index (κ3) is 5.95. The fourth-order valence-corrected chi connectivity index (χ4v) is 4.78. The SMILES string of the molecule is COc1cccc(C2c3cccn3CCN2C(=O)CN(C(=O)c2cc(C(F)(F)F)cc(C(F)(F)F)c2)C(C)C)c1. The molecule has 6 nitrogen and oxygen atoms in total. The highest BCUT2D eigenvalue weighted by molar-refractivity contribution is 5.97. The summed E-state index contributed by atoms with van der Waals surface area (Å²) in [4.78, 5) is 29.6. The van der Waals surface area contributed by atoms with Crippen LogP contribution in [0, 0.1) is 0 Å². The number of aromatic nitrogens is 1. The number of fused-ring (bicyclic) bond motifs is 1. The van der Waals surface area contributed by atoms with Crippen LogP contribution in [-0.4, -0.2) is 52.4 Å². The normalized spacial score (nSPS) is 15.7. The van der Waals surface area contributed by atoms with Gasteiger partial charge in [-0.15, -0.1) is 0 Å². The second-order valence-corrected chi connectivity index (χ2v) is 9.71. The number of methoxy groups -OCH3 is 1. The molecule has 0 aliphatic carbocycles. The van der Waals surface area contributed by atoms with Crippen molar-refractivity contribution in [2.75, 3.05) is 20.2 Å². The van der Waals surface area contributed by atoms with E-state index < -0.39 is 59.5 Å². The van der Waals surface area contributed by atoms with Gasteiger partial charge in [-0.2, -0.15) is 26.3 Å². The zero-order chi connectivity index (χ0) is 29.4.